The summed E-state index contributed by atoms with van der Waals surface area (Å²) >= 11 is 0. The zero-order valence-electron chi connectivity index (χ0n) is 24.0. The number of nitrogens with zero attached hydrogens (tertiary/aromatic N) is 4. The number of fused-ring (bicyclic) bond motifs is 8. The second-order valence-corrected chi connectivity index (χ2v) is 12.4. The number of benzene rings is 1. The lowest BCUT2D eigenvalue weighted by atomic mass is 9.90. The second-order valence-electron chi connectivity index (χ2n) is 12.4. The van der Waals surface area contributed by atoms with Gasteiger partial charge in [0.1, 0.15) is 23.8 Å². The van der Waals surface area contributed by atoms with Gasteiger partial charge in [-0.1, -0.05) is 25.1 Å². The van der Waals surface area contributed by atoms with Gasteiger partial charge in [0.15, 0.2) is 0 Å². The molecular formula is C31H38F2N6O2. The molecule has 1 atom stereocenters. The van der Waals surface area contributed by atoms with Gasteiger partial charge in [0.2, 0.25) is 5.91 Å². The van der Waals surface area contributed by atoms with Crippen LogP contribution in [0.25, 0.3) is 11.0 Å². The minimum Gasteiger partial charge on any atom is -0.363 e. The predicted molar refractivity (Wildman–Crippen MR) is 154 cm³/mol. The molecule has 4 aliphatic rings. The second kappa shape index (κ2) is 10.5. The highest BCUT2D eigenvalue weighted by Gasteiger charge is 2.42. The van der Waals surface area contributed by atoms with E-state index in [9.17, 15) is 9.59 Å². The number of hydrogen-bond acceptors (Lipinski definition) is 6. The van der Waals surface area contributed by atoms with Crippen LogP contribution in [0.5, 0.6) is 0 Å². The molecule has 7 rings (SSSR count). The van der Waals surface area contributed by atoms with Crippen molar-refractivity contribution in [1.29, 1.82) is 0 Å². The Morgan fingerprint density at radius 3 is 2.61 bits per heavy atom. The lowest BCUT2D eigenvalue weighted by Gasteiger charge is -2.40. The fraction of sp³-hybridized carbons (Fsp3) is 0.548. The third-order valence-electron chi connectivity index (χ3n) is 9.04. The van der Waals surface area contributed by atoms with Crippen LogP contribution in [0.2, 0.25) is 0 Å². The number of nitrogens with one attached hydrogen (secondary N) is 2. The number of rotatable bonds is 1. The first-order chi connectivity index (χ1) is 19.5. The van der Waals surface area contributed by atoms with Crippen LogP contribution in [0.3, 0.4) is 0 Å². The topological polar surface area (TPSA) is 92.1 Å². The van der Waals surface area contributed by atoms with Crippen molar-refractivity contribution < 1.29 is 13.6 Å². The molecule has 8 nitrogen and oxygen atoms in total. The van der Waals surface area contributed by atoms with Crippen molar-refractivity contribution in [2.45, 2.75) is 76.8 Å². The van der Waals surface area contributed by atoms with Crippen LogP contribution in [0.4, 0.5) is 14.6 Å². The number of carbonyl (C=O) groups is 1. The molecule has 218 valence electrons. The Morgan fingerprint density at radius 1 is 1.07 bits per heavy atom. The fourth-order valence-electron chi connectivity index (χ4n) is 6.12. The number of amides is 1. The highest BCUT2D eigenvalue weighted by atomic mass is 19.3. The summed E-state index contributed by atoms with van der Waals surface area (Å²) in [5.41, 5.74) is 1.32. The molecule has 2 aromatic heterocycles. The van der Waals surface area contributed by atoms with Gasteiger partial charge in [0, 0.05) is 43.2 Å². The first-order valence-electron chi connectivity index (χ1n) is 14.7. The van der Waals surface area contributed by atoms with Gasteiger partial charge in [0.25, 0.3) is 11.5 Å². The zero-order valence-corrected chi connectivity index (χ0v) is 24.0. The Balaban J connectivity index is 1.42. The Morgan fingerprint density at radius 2 is 1.85 bits per heavy atom. The van der Waals surface area contributed by atoms with Crippen LogP contribution >= 0.6 is 0 Å². The molecule has 0 unspecified atom stereocenters. The Kier molecular flexibility index (Phi) is 7.08. The standard InChI is InChI=1S/C31H38F2N6O2/c1-19-22-6-4-7-23(14-22)31(32,33)9-8-21-16-38(17-21)13-5-12-34-26(40)18-39-28-24(27(35-19)36-20(2)37-28)15-25(29(39)41)30(3)10-11-30/h4,6-7,14-15,19,21H,5,8-13,16-18H2,1-3H3,(H,34,40)(H,35,36,37)/t19-/m1/s1. The molecule has 5 heterocycles. The van der Waals surface area contributed by atoms with E-state index in [1.807, 2.05) is 19.1 Å². The van der Waals surface area contributed by atoms with E-state index in [2.05, 4.69) is 32.4 Å². The summed E-state index contributed by atoms with van der Waals surface area (Å²) in [7, 11) is 0. The summed E-state index contributed by atoms with van der Waals surface area (Å²) in [5.74, 6) is -1.94. The Bertz CT molecular complexity index is 1540. The van der Waals surface area contributed by atoms with Crippen LogP contribution in [-0.2, 0) is 22.7 Å². The molecule has 2 N–H and O–H groups in total. The van der Waals surface area contributed by atoms with Gasteiger partial charge in [0.05, 0.1) is 5.39 Å². The SMILES string of the molecule is Cc1nc2c3cc(C4(C)CC4)c(=O)n(c3n1)CC(=O)NCCCN1CC(CCC(F)(F)c3cccc(c3)[C@@H](C)N2)C1. The molecule has 1 saturated carbocycles. The molecule has 1 aliphatic carbocycles. The average Bonchev–Trinajstić information content (AvgIpc) is 3.66. The van der Waals surface area contributed by atoms with Crippen LogP contribution in [0.1, 0.15) is 74.5 Å². The predicted octanol–water partition coefficient (Wildman–Crippen LogP) is 4.65. The molecule has 1 saturated heterocycles. The first-order valence-corrected chi connectivity index (χ1v) is 14.7. The highest BCUT2D eigenvalue weighted by Crippen LogP contribution is 2.47. The zero-order chi connectivity index (χ0) is 28.9. The van der Waals surface area contributed by atoms with Crippen LogP contribution in [0, 0.1) is 12.8 Å². The maximum absolute atomic E-state index is 15.3. The largest absolute Gasteiger partial charge is 0.363 e. The van der Waals surface area contributed by atoms with Gasteiger partial charge >= 0.3 is 0 Å². The maximum Gasteiger partial charge on any atom is 0.273 e. The van der Waals surface area contributed by atoms with Gasteiger partial charge in [-0.2, -0.15) is 0 Å². The minimum absolute atomic E-state index is 0.0248. The summed E-state index contributed by atoms with van der Waals surface area (Å²) in [5, 5.41) is 7.00. The molecule has 1 amide bonds. The summed E-state index contributed by atoms with van der Waals surface area (Å²) < 4.78 is 32.1. The molecule has 10 heteroatoms. The van der Waals surface area contributed by atoms with E-state index in [0.717, 1.165) is 44.5 Å². The van der Waals surface area contributed by atoms with Gasteiger partial charge in [-0.15, -0.1) is 0 Å². The average molecular weight is 565 g/mol. The number of aryl methyl sites for hydroxylation is 1. The number of pyridine rings is 1. The molecule has 0 radical (unpaired) electrons. The number of alkyl halides is 2. The quantitative estimate of drug-likeness (QED) is 0.447. The lowest BCUT2D eigenvalue weighted by Crippen LogP contribution is -2.47. The normalized spacial score (nSPS) is 25.9. The van der Waals surface area contributed by atoms with E-state index in [-0.39, 0.29) is 47.4 Å². The molecule has 3 aliphatic heterocycles. The summed E-state index contributed by atoms with van der Waals surface area (Å²) in [6.45, 7) is 8.46. The fourth-order valence-corrected chi connectivity index (χ4v) is 6.12. The summed E-state index contributed by atoms with van der Waals surface area (Å²) in [6, 6.07) is 8.12. The monoisotopic (exact) mass is 564 g/mol. The van der Waals surface area contributed by atoms with E-state index >= 15 is 8.78 Å². The van der Waals surface area contributed by atoms with E-state index in [4.69, 9.17) is 0 Å². The van der Waals surface area contributed by atoms with Gasteiger partial charge < -0.3 is 15.5 Å². The number of carbonyl (C=O) groups excluding carboxylic acids is 1. The van der Waals surface area contributed by atoms with Crippen molar-refractivity contribution >= 4 is 22.8 Å². The molecule has 2 fully saturated rings. The van der Waals surface area contributed by atoms with E-state index in [1.165, 1.54) is 10.6 Å². The number of halogens is 2. The molecule has 41 heavy (non-hydrogen) atoms. The smallest absolute Gasteiger partial charge is 0.273 e. The minimum atomic E-state index is -2.91. The van der Waals surface area contributed by atoms with Crippen LogP contribution in [-0.4, -0.2) is 51.5 Å². The van der Waals surface area contributed by atoms with E-state index in [1.54, 1.807) is 19.1 Å². The molecule has 0 spiro atoms. The van der Waals surface area contributed by atoms with Gasteiger partial charge in [-0.05, 0) is 75.1 Å². The van der Waals surface area contributed by atoms with Crippen molar-refractivity contribution in [3.05, 3.63) is 63.2 Å². The molecule has 1 aromatic carbocycles. The number of anilines is 1. The van der Waals surface area contributed by atoms with E-state index < -0.39 is 5.92 Å². The molecule has 8 bridgehead atoms. The molecular weight excluding hydrogens is 526 g/mol. The number of aromatic nitrogens is 3. The first kappa shape index (κ1) is 27.8. The van der Waals surface area contributed by atoms with Gasteiger partial charge in [-0.25, -0.2) is 18.7 Å². The maximum atomic E-state index is 15.3. The number of hydrogen-bond donors (Lipinski definition) is 2. The van der Waals surface area contributed by atoms with Crippen molar-refractivity contribution in [2.75, 3.05) is 31.5 Å². The van der Waals surface area contributed by atoms with Crippen molar-refractivity contribution in [3.8, 4) is 0 Å². The van der Waals surface area contributed by atoms with Crippen molar-refractivity contribution in [3.63, 3.8) is 0 Å². The van der Waals surface area contributed by atoms with Crippen LogP contribution in [0.15, 0.2) is 35.1 Å². The summed E-state index contributed by atoms with van der Waals surface area (Å²) in [4.78, 5) is 38.3. The third kappa shape index (κ3) is 5.58. The lowest BCUT2D eigenvalue weighted by molar-refractivity contribution is -0.121. The van der Waals surface area contributed by atoms with Crippen LogP contribution < -0.4 is 16.2 Å². The van der Waals surface area contributed by atoms with Crippen molar-refractivity contribution in [1.82, 2.24) is 24.8 Å². The Hall–Kier alpha value is -3.40. The third-order valence-corrected chi connectivity index (χ3v) is 9.04. The van der Waals surface area contributed by atoms with E-state index in [0.29, 0.717) is 41.2 Å². The van der Waals surface area contributed by atoms with Gasteiger partial charge in [-0.3, -0.25) is 14.2 Å². The summed E-state index contributed by atoms with van der Waals surface area (Å²) in [6.07, 6.45) is 2.83. The highest BCUT2D eigenvalue weighted by molar-refractivity contribution is 5.89. The molecule has 3 aromatic rings. The van der Waals surface area contributed by atoms with Crippen molar-refractivity contribution in [2.24, 2.45) is 5.92 Å². The Labute approximate surface area is 238 Å².